The average Bonchev–Trinajstić information content (AvgIpc) is 2.97. The van der Waals surface area contributed by atoms with Gasteiger partial charge in [0.25, 0.3) is 0 Å². The first-order valence-corrected chi connectivity index (χ1v) is 8.43. The highest BCUT2D eigenvalue weighted by molar-refractivity contribution is 5.37. The lowest BCUT2D eigenvalue weighted by atomic mass is 10.0. The van der Waals surface area contributed by atoms with Crippen molar-refractivity contribution in [3.63, 3.8) is 0 Å². The van der Waals surface area contributed by atoms with Gasteiger partial charge in [0.15, 0.2) is 0 Å². The largest absolute Gasteiger partial charge is 0.485 e. The first kappa shape index (κ1) is 14.9. The summed E-state index contributed by atoms with van der Waals surface area (Å²) in [6, 6.07) is 6.72. The van der Waals surface area contributed by atoms with Gasteiger partial charge in [-0.05, 0) is 68.9 Å². The van der Waals surface area contributed by atoms with E-state index in [2.05, 4.69) is 30.0 Å². The third-order valence-corrected chi connectivity index (χ3v) is 4.55. The summed E-state index contributed by atoms with van der Waals surface area (Å²) >= 11 is 0. The van der Waals surface area contributed by atoms with Crippen molar-refractivity contribution in [2.24, 2.45) is 0 Å². The van der Waals surface area contributed by atoms with Crippen LogP contribution in [0.5, 0.6) is 5.75 Å². The van der Waals surface area contributed by atoms with Gasteiger partial charge in [-0.3, -0.25) is 0 Å². The molecule has 0 aromatic heterocycles. The maximum atomic E-state index is 5.98. The Morgan fingerprint density at radius 2 is 2.05 bits per heavy atom. The Balaban J connectivity index is 1.52. The lowest BCUT2D eigenvalue weighted by molar-refractivity contribution is -0.0799. The number of hydrogen-bond donors (Lipinski definition) is 0. The number of benzene rings is 1. The van der Waals surface area contributed by atoms with Crippen molar-refractivity contribution in [2.75, 3.05) is 32.8 Å². The van der Waals surface area contributed by atoms with Crippen LogP contribution in [0.25, 0.3) is 0 Å². The molecule has 116 valence electrons. The SMILES string of the molecule is CCc1cc(CCCN2CCCC2)ccc1OC1COC1. The monoisotopic (exact) mass is 289 g/mol. The third-order valence-electron chi connectivity index (χ3n) is 4.55. The van der Waals surface area contributed by atoms with Gasteiger partial charge in [0.1, 0.15) is 11.9 Å². The fourth-order valence-electron chi connectivity index (χ4n) is 3.15. The molecular weight excluding hydrogens is 262 g/mol. The van der Waals surface area contributed by atoms with Crippen LogP contribution in [0.1, 0.15) is 37.3 Å². The van der Waals surface area contributed by atoms with Gasteiger partial charge in [-0.15, -0.1) is 0 Å². The number of likely N-dealkylation sites (tertiary alicyclic amines) is 1. The predicted molar refractivity (Wildman–Crippen MR) is 85.1 cm³/mol. The first-order chi connectivity index (χ1) is 10.3. The summed E-state index contributed by atoms with van der Waals surface area (Å²) in [5, 5.41) is 0. The fraction of sp³-hybridized carbons (Fsp3) is 0.667. The summed E-state index contributed by atoms with van der Waals surface area (Å²) in [6.45, 7) is 7.53. The molecule has 2 heterocycles. The maximum absolute atomic E-state index is 5.98. The summed E-state index contributed by atoms with van der Waals surface area (Å²) in [5.41, 5.74) is 2.78. The standard InChI is InChI=1S/C18H27NO2/c1-2-16-12-15(6-5-11-19-9-3-4-10-19)7-8-18(16)21-17-13-20-14-17/h7-8,12,17H,2-6,9-11,13-14H2,1H3. The number of rotatable bonds is 7. The molecule has 0 amide bonds. The van der Waals surface area contributed by atoms with Crippen molar-refractivity contribution >= 4 is 0 Å². The normalized spacial score (nSPS) is 19.7. The fourth-order valence-corrected chi connectivity index (χ4v) is 3.15. The maximum Gasteiger partial charge on any atom is 0.145 e. The number of nitrogens with zero attached hydrogens (tertiary/aromatic N) is 1. The summed E-state index contributed by atoms with van der Waals surface area (Å²) in [5.74, 6) is 1.05. The van der Waals surface area contributed by atoms with Crippen molar-refractivity contribution in [2.45, 2.75) is 45.1 Å². The van der Waals surface area contributed by atoms with Gasteiger partial charge in [0, 0.05) is 0 Å². The second kappa shape index (κ2) is 7.28. The molecule has 0 aliphatic carbocycles. The Kier molecular flexibility index (Phi) is 5.15. The van der Waals surface area contributed by atoms with E-state index in [9.17, 15) is 0 Å². The van der Waals surface area contributed by atoms with E-state index in [0.29, 0.717) is 0 Å². The Morgan fingerprint density at radius 3 is 2.71 bits per heavy atom. The van der Waals surface area contributed by atoms with Gasteiger partial charge in [-0.25, -0.2) is 0 Å². The van der Waals surface area contributed by atoms with E-state index in [-0.39, 0.29) is 6.10 Å². The molecule has 2 aliphatic rings. The molecule has 1 aromatic rings. The van der Waals surface area contributed by atoms with Crippen LogP contribution in [0.4, 0.5) is 0 Å². The minimum atomic E-state index is 0.260. The molecule has 3 rings (SSSR count). The van der Waals surface area contributed by atoms with E-state index >= 15 is 0 Å². The van der Waals surface area contributed by atoms with Crippen LogP contribution in [0, 0.1) is 0 Å². The highest BCUT2D eigenvalue weighted by Gasteiger charge is 2.21. The van der Waals surface area contributed by atoms with E-state index in [1.54, 1.807) is 0 Å². The Bertz CT molecular complexity index is 451. The lowest BCUT2D eigenvalue weighted by Crippen LogP contribution is -2.38. The molecule has 2 fully saturated rings. The van der Waals surface area contributed by atoms with Gasteiger partial charge < -0.3 is 14.4 Å². The molecule has 0 spiro atoms. The zero-order chi connectivity index (χ0) is 14.5. The molecule has 2 aliphatic heterocycles. The average molecular weight is 289 g/mol. The molecule has 1 aromatic carbocycles. The predicted octanol–water partition coefficient (Wildman–Crippen LogP) is 3.06. The van der Waals surface area contributed by atoms with Gasteiger partial charge >= 0.3 is 0 Å². The molecule has 3 nitrogen and oxygen atoms in total. The highest BCUT2D eigenvalue weighted by Crippen LogP contribution is 2.24. The van der Waals surface area contributed by atoms with Gasteiger partial charge in [0.2, 0.25) is 0 Å². The smallest absolute Gasteiger partial charge is 0.145 e. The molecule has 0 N–H and O–H groups in total. The van der Waals surface area contributed by atoms with Crippen LogP contribution in [-0.4, -0.2) is 43.9 Å². The molecule has 3 heteroatoms. The van der Waals surface area contributed by atoms with Crippen molar-refractivity contribution in [3.05, 3.63) is 29.3 Å². The van der Waals surface area contributed by atoms with Crippen molar-refractivity contribution < 1.29 is 9.47 Å². The van der Waals surface area contributed by atoms with Crippen LogP contribution in [-0.2, 0) is 17.6 Å². The molecule has 0 radical (unpaired) electrons. The molecule has 0 unspecified atom stereocenters. The quantitative estimate of drug-likeness (QED) is 0.770. The second-order valence-corrected chi connectivity index (χ2v) is 6.23. The van der Waals surface area contributed by atoms with E-state index in [4.69, 9.17) is 9.47 Å². The van der Waals surface area contributed by atoms with Crippen molar-refractivity contribution in [1.29, 1.82) is 0 Å². The van der Waals surface area contributed by atoms with Gasteiger partial charge in [0.05, 0.1) is 13.2 Å². The van der Waals surface area contributed by atoms with E-state index in [0.717, 1.165) is 25.4 Å². The van der Waals surface area contributed by atoms with Crippen LogP contribution in [0.3, 0.4) is 0 Å². The van der Waals surface area contributed by atoms with Crippen LogP contribution >= 0.6 is 0 Å². The third kappa shape index (κ3) is 3.98. The van der Waals surface area contributed by atoms with E-state index in [1.165, 1.54) is 56.4 Å². The minimum Gasteiger partial charge on any atom is -0.485 e. The van der Waals surface area contributed by atoms with Gasteiger partial charge in [-0.2, -0.15) is 0 Å². The summed E-state index contributed by atoms with van der Waals surface area (Å²) in [6.07, 6.45) is 6.50. The minimum absolute atomic E-state index is 0.260. The number of ether oxygens (including phenoxy) is 2. The summed E-state index contributed by atoms with van der Waals surface area (Å²) < 4.78 is 11.2. The van der Waals surface area contributed by atoms with Crippen molar-refractivity contribution in [3.8, 4) is 5.75 Å². The molecular formula is C18H27NO2. The Hall–Kier alpha value is -1.06. The molecule has 2 saturated heterocycles. The zero-order valence-electron chi connectivity index (χ0n) is 13.1. The zero-order valence-corrected chi connectivity index (χ0v) is 13.1. The summed E-state index contributed by atoms with van der Waals surface area (Å²) in [4.78, 5) is 2.59. The molecule has 21 heavy (non-hydrogen) atoms. The first-order valence-electron chi connectivity index (χ1n) is 8.43. The molecule has 0 atom stereocenters. The van der Waals surface area contributed by atoms with Crippen LogP contribution < -0.4 is 4.74 Å². The lowest BCUT2D eigenvalue weighted by Gasteiger charge is -2.27. The number of hydrogen-bond acceptors (Lipinski definition) is 3. The topological polar surface area (TPSA) is 21.7 Å². The Labute approximate surface area is 128 Å². The highest BCUT2D eigenvalue weighted by atomic mass is 16.6. The Morgan fingerprint density at radius 1 is 1.24 bits per heavy atom. The summed E-state index contributed by atoms with van der Waals surface area (Å²) in [7, 11) is 0. The van der Waals surface area contributed by atoms with Crippen LogP contribution in [0.2, 0.25) is 0 Å². The molecule has 0 bridgehead atoms. The number of aryl methyl sites for hydroxylation is 2. The van der Waals surface area contributed by atoms with Crippen molar-refractivity contribution in [1.82, 2.24) is 4.90 Å². The van der Waals surface area contributed by atoms with E-state index in [1.807, 2.05) is 0 Å². The van der Waals surface area contributed by atoms with Gasteiger partial charge in [-0.1, -0.05) is 19.1 Å². The van der Waals surface area contributed by atoms with E-state index < -0.39 is 0 Å². The van der Waals surface area contributed by atoms with Crippen LogP contribution in [0.15, 0.2) is 18.2 Å². The molecule has 0 saturated carbocycles. The second-order valence-electron chi connectivity index (χ2n) is 6.23.